The van der Waals surface area contributed by atoms with Crippen molar-refractivity contribution in [1.82, 2.24) is 4.57 Å². The summed E-state index contributed by atoms with van der Waals surface area (Å²) in [6.45, 7) is 7.02. The first-order valence-corrected chi connectivity index (χ1v) is 8.63. The van der Waals surface area contributed by atoms with Crippen LogP contribution in [0.4, 0.5) is 0 Å². The zero-order chi connectivity index (χ0) is 16.6. The number of nitrogens with zero attached hydrogens (tertiary/aromatic N) is 1. The molecule has 0 aliphatic heterocycles. The Bertz CT molecular complexity index is 1140. The van der Waals surface area contributed by atoms with Crippen molar-refractivity contribution in [2.24, 2.45) is 7.05 Å². The van der Waals surface area contributed by atoms with Gasteiger partial charge in [-0.1, -0.05) is 56.3 Å². The number of fused-ring (bicyclic) bond motifs is 6. The minimum atomic E-state index is 0.0562. The minimum Gasteiger partial charge on any atom is -0.343 e. The van der Waals surface area contributed by atoms with Crippen LogP contribution in [-0.2, 0) is 12.5 Å². The zero-order valence-electron chi connectivity index (χ0n) is 14.6. The average molecular weight is 311 g/mol. The van der Waals surface area contributed by atoms with Gasteiger partial charge in [-0.25, -0.2) is 0 Å². The number of rotatable bonds is 0. The molecule has 1 heteroatoms. The molecule has 0 saturated heterocycles. The van der Waals surface area contributed by atoms with Crippen LogP contribution in [0.1, 0.15) is 30.5 Å². The van der Waals surface area contributed by atoms with E-state index in [0.717, 1.165) is 0 Å². The number of aryl methyl sites for hydroxylation is 2. The second-order valence-electron chi connectivity index (χ2n) is 7.57. The fraction of sp³-hybridized carbons (Fsp3) is 0.217. The lowest BCUT2D eigenvalue weighted by Crippen LogP contribution is -2.16. The van der Waals surface area contributed by atoms with E-state index in [4.69, 9.17) is 0 Å². The van der Waals surface area contributed by atoms with Gasteiger partial charge in [0.15, 0.2) is 0 Å². The lowest BCUT2D eigenvalue weighted by molar-refractivity contribution is 0.656. The van der Waals surface area contributed by atoms with Gasteiger partial charge in [-0.15, -0.1) is 0 Å². The molecule has 0 fully saturated rings. The predicted octanol–water partition coefficient (Wildman–Crippen LogP) is 5.95. The van der Waals surface area contributed by atoms with Crippen molar-refractivity contribution in [2.75, 3.05) is 0 Å². The molecule has 1 aliphatic rings. The van der Waals surface area contributed by atoms with Gasteiger partial charge in [0.25, 0.3) is 0 Å². The molecular formula is C23H21N. The van der Waals surface area contributed by atoms with Crippen LogP contribution < -0.4 is 0 Å². The fourth-order valence-corrected chi connectivity index (χ4v) is 4.97. The molecule has 0 unspecified atom stereocenters. The Labute approximate surface area is 142 Å². The van der Waals surface area contributed by atoms with Crippen molar-refractivity contribution in [3.63, 3.8) is 0 Å². The summed E-state index contributed by atoms with van der Waals surface area (Å²) in [7, 11) is 2.19. The number of para-hydroxylation sites is 1. The highest BCUT2D eigenvalue weighted by Gasteiger charge is 2.37. The van der Waals surface area contributed by atoms with Crippen molar-refractivity contribution >= 4 is 21.8 Å². The molecule has 1 heterocycles. The summed E-state index contributed by atoms with van der Waals surface area (Å²) in [6.07, 6.45) is 0. The Morgan fingerprint density at radius 2 is 1.54 bits per heavy atom. The maximum absolute atomic E-state index is 2.42. The molecule has 0 atom stereocenters. The minimum absolute atomic E-state index is 0.0562. The van der Waals surface area contributed by atoms with Crippen LogP contribution in [0.2, 0.25) is 0 Å². The quantitative estimate of drug-likeness (QED) is 0.378. The molecule has 1 aliphatic carbocycles. The van der Waals surface area contributed by atoms with Gasteiger partial charge in [0.05, 0.1) is 5.52 Å². The van der Waals surface area contributed by atoms with E-state index in [1.807, 2.05) is 0 Å². The summed E-state index contributed by atoms with van der Waals surface area (Å²) in [5.41, 5.74) is 9.90. The molecule has 0 radical (unpaired) electrons. The molecule has 0 amide bonds. The maximum Gasteiger partial charge on any atom is 0.0521 e. The zero-order valence-corrected chi connectivity index (χ0v) is 14.6. The molecule has 0 N–H and O–H groups in total. The second kappa shape index (κ2) is 4.30. The van der Waals surface area contributed by atoms with E-state index in [-0.39, 0.29) is 5.41 Å². The third-order valence-corrected chi connectivity index (χ3v) is 5.95. The summed E-state index contributed by atoms with van der Waals surface area (Å²) in [5.74, 6) is 0. The molecule has 5 rings (SSSR count). The van der Waals surface area contributed by atoms with Gasteiger partial charge in [0, 0.05) is 28.8 Å². The van der Waals surface area contributed by atoms with Crippen LogP contribution in [0.25, 0.3) is 32.9 Å². The van der Waals surface area contributed by atoms with Crippen molar-refractivity contribution < 1.29 is 0 Å². The maximum atomic E-state index is 2.42. The van der Waals surface area contributed by atoms with Crippen LogP contribution in [0, 0.1) is 6.92 Å². The van der Waals surface area contributed by atoms with Gasteiger partial charge >= 0.3 is 0 Å². The van der Waals surface area contributed by atoms with Crippen molar-refractivity contribution in [1.29, 1.82) is 0 Å². The number of hydrogen-bond donors (Lipinski definition) is 0. The van der Waals surface area contributed by atoms with E-state index >= 15 is 0 Å². The van der Waals surface area contributed by atoms with Gasteiger partial charge < -0.3 is 4.57 Å². The molecular weight excluding hydrogens is 290 g/mol. The van der Waals surface area contributed by atoms with E-state index < -0.39 is 0 Å². The fourth-order valence-electron chi connectivity index (χ4n) is 4.97. The molecule has 1 nitrogen and oxygen atoms in total. The third-order valence-electron chi connectivity index (χ3n) is 5.95. The van der Waals surface area contributed by atoms with Crippen molar-refractivity contribution in [3.05, 3.63) is 71.3 Å². The molecule has 1 aromatic heterocycles. The van der Waals surface area contributed by atoms with Gasteiger partial charge in [0.2, 0.25) is 0 Å². The summed E-state index contributed by atoms with van der Waals surface area (Å²) in [6, 6.07) is 20.0. The number of hydrogen-bond acceptors (Lipinski definition) is 0. The van der Waals surface area contributed by atoms with Crippen LogP contribution in [0.5, 0.6) is 0 Å². The van der Waals surface area contributed by atoms with Gasteiger partial charge in [-0.3, -0.25) is 0 Å². The highest BCUT2D eigenvalue weighted by atomic mass is 14.9. The Balaban J connectivity index is 2.04. The molecule has 4 aromatic rings. The van der Waals surface area contributed by atoms with Gasteiger partial charge in [0.1, 0.15) is 0 Å². The first kappa shape index (κ1) is 13.9. The number of benzene rings is 3. The van der Waals surface area contributed by atoms with Crippen LogP contribution in [-0.4, -0.2) is 4.57 Å². The molecule has 3 aromatic carbocycles. The normalized spacial score (nSPS) is 15.0. The van der Waals surface area contributed by atoms with E-state index in [0.29, 0.717) is 0 Å². The highest BCUT2D eigenvalue weighted by molar-refractivity contribution is 6.11. The van der Waals surface area contributed by atoms with E-state index in [1.165, 1.54) is 49.6 Å². The molecule has 24 heavy (non-hydrogen) atoms. The molecule has 118 valence electrons. The number of aromatic nitrogens is 1. The lowest BCUT2D eigenvalue weighted by Gasteiger charge is -2.24. The summed E-state index contributed by atoms with van der Waals surface area (Å²) in [4.78, 5) is 0. The lowest BCUT2D eigenvalue weighted by atomic mass is 9.80. The van der Waals surface area contributed by atoms with E-state index in [9.17, 15) is 0 Å². The molecule has 0 bridgehead atoms. The first-order chi connectivity index (χ1) is 11.5. The van der Waals surface area contributed by atoms with Gasteiger partial charge in [-0.05, 0) is 46.9 Å². The molecule has 0 spiro atoms. The topological polar surface area (TPSA) is 4.93 Å². The van der Waals surface area contributed by atoms with E-state index in [2.05, 4.69) is 87.0 Å². The Morgan fingerprint density at radius 1 is 0.833 bits per heavy atom. The largest absolute Gasteiger partial charge is 0.343 e. The summed E-state index contributed by atoms with van der Waals surface area (Å²) in [5, 5.41) is 2.72. The first-order valence-electron chi connectivity index (χ1n) is 8.63. The van der Waals surface area contributed by atoms with Crippen LogP contribution in [0.15, 0.2) is 54.6 Å². The monoisotopic (exact) mass is 311 g/mol. The van der Waals surface area contributed by atoms with Crippen LogP contribution >= 0.6 is 0 Å². The summed E-state index contributed by atoms with van der Waals surface area (Å²) < 4.78 is 2.36. The van der Waals surface area contributed by atoms with Crippen molar-refractivity contribution in [2.45, 2.75) is 26.2 Å². The van der Waals surface area contributed by atoms with Crippen molar-refractivity contribution in [3.8, 4) is 11.1 Å². The van der Waals surface area contributed by atoms with E-state index in [1.54, 1.807) is 0 Å². The smallest absolute Gasteiger partial charge is 0.0521 e. The summed E-state index contributed by atoms with van der Waals surface area (Å²) >= 11 is 0. The molecule has 0 saturated carbocycles. The second-order valence-corrected chi connectivity index (χ2v) is 7.57. The Morgan fingerprint density at radius 3 is 2.38 bits per heavy atom. The Hall–Kier alpha value is -2.54. The average Bonchev–Trinajstić information content (AvgIpc) is 3.00. The third kappa shape index (κ3) is 1.46. The predicted molar refractivity (Wildman–Crippen MR) is 103 cm³/mol. The van der Waals surface area contributed by atoms with Crippen LogP contribution in [0.3, 0.4) is 0 Å². The van der Waals surface area contributed by atoms with Gasteiger partial charge in [-0.2, -0.15) is 0 Å². The highest BCUT2D eigenvalue weighted by Crippen LogP contribution is 2.52. The Kier molecular flexibility index (Phi) is 2.48. The SMILES string of the molecule is Cc1c2c(cc3c4ccccc4n(C)c13)-c1ccccc1C2(C)C. The standard InChI is InChI=1S/C23H21N/c1-14-21-17(15-9-5-7-11-19(15)23(21,2)3)13-18-16-10-6-8-12-20(16)24(4)22(14)18/h5-13H,1-4H3.